The van der Waals surface area contributed by atoms with Gasteiger partial charge >= 0.3 is 0 Å². The maximum absolute atomic E-state index is 13.7. The number of carbonyl (C=O) groups is 1. The molecular weight excluding hydrogens is 434 g/mol. The summed E-state index contributed by atoms with van der Waals surface area (Å²) in [6.07, 6.45) is 5.10. The summed E-state index contributed by atoms with van der Waals surface area (Å²) in [6.45, 7) is 14.6. The summed E-state index contributed by atoms with van der Waals surface area (Å²) in [5.74, 6) is 0.113. The zero-order chi connectivity index (χ0) is 24.4. The number of unbranched alkanes of at least 4 members (excludes halogenated alkanes) is 1. The molecule has 186 valence electrons. The summed E-state index contributed by atoms with van der Waals surface area (Å²) in [5.41, 5.74) is 0.986. The van der Waals surface area contributed by atoms with Gasteiger partial charge in [0.15, 0.2) is 0 Å². The lowest BCUT2D eigenvalue weighted by Crippen LogP contribution is -2.63. The number of amides is 1. The van der Waals surface area contributed by atoms with E-state index in [4.69, 9.17) is 0 Å². The quantitative estimate of drug-likeness (QED) is 0.634. The zero-order valence-electron chi connectivity index (χ0n) is 21.4. The normalized spacial score (nSPS) is 22.2. The molecule has 0 atom stereocenters. The van der Waals surface area contributed by atoms with Gasteiger partial charge in [0.25, 0.3) is 0 Å². The number of benzene rings is 1. The van der Waals surface area contributed by atoms with E-state index in [0.29, 0.717) is 30.8 Å². The van der Waals surface area contributed by atoms with E-state index in [1.54, 1.807) is 16.4 Å². The SMILES string of the molecule is CCCCN(C(=O)C1CCN(S(=O)(=O)c2ccc(C)cc2)CC1)C1CC(C)(C)NC(C)(C)C1. The second-order valence-corrected chi connectivity index (χ2v) is 13.3. The molecule has 6 nitrogen and oxygen atoms in total. The lowest BCUT2D eigenvalue weighted by molar-refractivity contribution is -0.141. The van der Waals surface area contributed by atoms with Crippen LogP contribution in [-0.2, 0) is 14.8 Å². The molecule has 3 rings (SSSR count). The number of hydrogen-bond acceptors (Lipinski definition) is 4. The second kappa shape index (κ2) is 10.0. The standard InChI is InChI=1S/C26H43N3O3S/c1-7-8-15-29(22-18-25(3,4)27-26(5,6)19-22)24(30)21-13-16-28(17-14-21)33(31,32)23-11-9-20(2)10-12-23/h9-12,21-22,27H,7-8,13-19H2,1-6H3. The Balaban J connectivity index is 1.70. The third-order valence-corrected chi connectivity index (χ3v) is 9.02. The summed E-state index contributed by atoms with van der Waals surface area (Å²) in [7, 11) is -3.51. The molecule has 33 heavy (non-hydrogen) atoms. The lowest BCUT2D eigenvalue weighted by atomic mass is 9.78. The first-order chi connectivity index (χ1) is 15.3. The van der Waals surface area contributed by atoms with E-state index in [9.17, 15) is 13.2 Å². The summed E-state index contributed by atoms with van der Waals surface area (Å²) in [4.78, 5) is 16.2. The number of nitrogens with one attached hydrogen (secondary N) is 1. The largest absolute Gasteiger partial charge is 0.339 e. The van der Waals surface area contributed by atoms with Crippen molar-refractivity contribution in [3.05, 3.63) is 29.8 Å². The van der Waals surface area contributed by atoms with E-state index >= 15 is 0 Å². The molecule has 1 aromatic rings. The van der Waals surface area contributed by atoms with E-state index in [1.165, 1.54) is 0 Å². The molecule has 2 fully saturated rings. The second-order valence-electron chi connectivity index (χ2n) is 11.3. The molecule has 2 aliphatic rings. The summed E-state index contributed by atoms with van der Waals surface area (Å²) in [5, 5.41) is 3.72. The molecule has 0 saturated carbocycles. The topological polar surface area (TPSA) is 69.7 Å². The summed E-state index contributed by atoms with van der Waals surface area (Å²) < 4.78 is 27.7. The minimum atomic E-state index is -3.51. The number of carbonyl (C=O) groups excluding carboxylic acids is 1. The van der Waals surface area contributed by atoms with Crippen LogP contribution in [0.3, 0.4) is 0 Å². The van der Waals surface area contributed by atoms with Crippen molar-refractivity contribution in [2.45, 2.75) is 102 Å². The summed E-state index contributed by atoms with van der Waals surface area (Å²) in [6, 6.07) is 7.22. The van der Waals surface area contributed by atoms with Crippen LogP contribution in [-0.4, -0.2) is 60.3 Å². The Bertz CT molecular complexity index is 901. The number of nitrogens with zero attached hydrogens (tertiary/aromatic N) is 2. The molecule has 0 radical (unpaired) electrons. The minimum absolute atomic E-state index is 0.0252. The van der Waals surface area contributed by atoms with E-state index in [1.807, 2.05) is 19.1 Å². The van der Waals surface area contributed by atoms with Gasteiger partial charge in [-0.25, -0.2) is 8.42 Å². The van der Waals surface area contributed by atoms with Gasteiger partial charge in [-0.3, -0.25) is 4.79 Å². The fourth-order valence-corrected chi connectivity index (χ4v) is 7.20. The Morgan fingerprint density at radius 3 is 2.12 bits per heavy atom. The Morgan fingerprint density at radius 1 is 1.06 bits per heavy atom. The van der Waals surface area contributed by atoms with Crippen LogP contribution < -0.4 is 5.32 Å². The Labute approximate surface area is 201 Å². The van der Waals surface area contributed by atoms with Crippen molar-refractivity contribution in [1.29, 1.82) is 0 Å². The zero-order valence-corrected chi connectivity index (χ0v) is 22.2. The van der Waals surface area contributed by atoms with Crippen LogP contribution >= 0.6 is 0 Å². The molecule has 0 aliphatic carbocycles. The Kier molecular flexibility index (Phi) is 7.97. The van der Waals surface area contributed by atoms with Crippen LogP contribution in [0.2, 0.25) is 0 Å². The molecule has 0 bridgehead atoms. The highest BCUT2D eigenvalue weighted by atomic mass is 32.2. The van der Waals surface area contributed by atoms with Crippen molar-refractivity contribution >= 4 is 15.9 Å². The molecule has 1 amide bonds. The maximum atomic E-state index is 13.7. The molecule has 0 aromatic heterocycles. The highest BCUT2D eigenvalue weighted by Crippen LogP contribution is 2.34. The number of piperidine rings is 2. The van der Waals surface area contributed by atoms with Gasteiger partial charge in [-0.1, -0.05) is 31.0 Å². The maximum Gasteiger partial charge on any atom is 0.243 e. The average Bonchev–Trinajstić information content (AvgIpc) is 2.72. The number of aryl methyl sites for hydroxylation is 1. The van der Waals surface area contributed by atoms with Gasteiger partial charge < -0.3 is 10.2 Å². The van der Waals surface area contributed by atoms with Crippen LogP contribution in [0.1, 0.15) is 78.7 Å². The van der Waals surface area contributed by atoms with E-state index in [2.05, 4.69) is 44.8 Å². The number of rotatable bonds is 7. The summed E-state index contributed by atoms with van der Waals surface area (Å²) >= 11 is 0. The highest BCUT2D eigenvalue weighted by Gasteiger charge is 2.43. The third-order valence-electron chi connectivity index (χ3n) is 7.11. The van der Waals surface area contributed by atoms with Crippen LogP contribution in [0, 0.1) is 12.8 Å². The van der Waals surface area contributed by atoms with E-state index in [-0.39, 0.29) is 28.9 Å². The van der Waals surface area contributed by atoms with Gasteiger partial charge in [-0.2, -0.15) is 4.31 Å². The molecule has 1 N–H and O–H groups in total. The monoisotopic (exact) mass is 477 g/mol. The fourth-order valence-electron chi connectivity index (χ4n) is 5.73. The van der Waals surface area contributed by atoms with Crippen LogP contribution in [0.25, 0.3) is 0 Å². The molecule has 0 unspecified atom stereocenters. The van der Waals surface area contributed by atoms with Gasteiger partial charge in [-0.05, 0) is 78.9 Å². The molecule has 7 heteroatoms. The van der Waals surface area contributed by atoms with Crippen molar-refractivity contribution in [3.63, 3.8) is 0 Å². The predicted molar refractivity (Wildman–Crippen MR) is 134 cm³/mol. The molecular formula is C26H43N3O3S. The molecule has 2 saturated heterocycles. The third kappa shape index (κ3) is 6.37. The average molecular weight is 478 g/mol. The lowest BCUT2D eigenvalue weighted by Gasteiger charge is -2.50. The molecule has 2 heterocycles. The van der Waals surface area contributed by atoms with Crippen molar-refractivity contribution < 1.29 is 13.2 Å². The molecule has 2 aliphatic heterocycles. The van der Waals surface area contributed by atoms with Crippen LogP contribution in [0.4, 0.5) is 0 Å². The first kappa shape index (κ1) is 26.2. The van der Waals surface area contributed by atoms with E-state index in [0.717, 1.165) is 37.8 Å². The molecule has 1 aromatic carbocycles. The van der Waals surface area contributed by atoms with Crippen molar-refractivity contribution in [2.24, 2.45) is 5.92 Å². The molecule has 0 spiro atoms. The fraction of sp³-hybridized carbons (Fsp3) is 0.731. The van der Waals surface area contributed by atoms with Crippen LogP contribution in [0.5, 0.6) is 0 Å². The van der Waals surface area contributed by atoms with Crippen LogP contribution in [0.15, 0.2) is 29.2 Å². The Hall–Kier alpha value is -1.44. The van der Waals surface area contributed by atoms with Gasteiger partial charge in [0.2, 0.25) is 15.9 Å². The highest BCUT2D eigenvalue weighted by molar-refractivity contribution is 7.89. The first-order valence-corrected chi connectivity index (χ1v) is 14.0. The van der Waals surface area contributed by atoms with Gasteiger partial charge in [-0.15, -0.1) is 0 Å². The van der Waals surface area contributed by atoms with E-state index < -0.39 is 10.0 Å². The van der Waals surface area contributed by atoms with Gasteiger partial charge in [0, 0.05) is 42.7 Å². The predicted octanol–water partition coefficient (Wildman–Crippen LogP) is 4.33. The van der Waals surface area contributed by atoms with Crippen molar-refractivity contribution in [1.82, 2.24) is 14.5 Å². The first-order valence-electron chi connectivity index (χ1n) is 12.5. The minimum Gasteiger partial charge on any atom is -0.339 e. The van der Waals surface area contributed by atoms with Crippen molar-refractivity contribution in [3.8, 4) is 0 Å². The van der Waals surface area contributed by atoms with Crippen molar-refractivity contribution in [2.75, 3.05) is 19.6 Å². The Morgan fingerprint density at radius 2 is 1.61 bits per heavy atom. The number of sulfonamides is 1. The number of hydrogen-bond donors (Lipinski definition) is 1. The smallest absolute Gasteiger partial charge is 0.243 e. The van der Waals surface area contributed by atoms with Gasteiger partial charge in [0.1, 0.15) is 0 Å². The van der Waals surface area contributed by atoms with Gasteiger partial charge in [0.05, 0.1) is 4.90 Å².